The molecule has 74 valence electrons. The van der Waals surface area contributed by atoms with Crippen molar-refractivity contribution in [3.8, 4) is 0 Å². The molecule has 0 heterocycles. The van der Waals surface area contributed by atoms with Crippen LogP contribution in [-0.4, -0.2) is 38.5 Å². The highest BCUT2D eigenvalue weighted by molar-refractivity contribution is 6.29. The van der Waals surface area contributed by atoms with E-state index in [9.17, 15) is 5.11 Å². The molecule has 0 aromatic rings. The molecular weight excluding hydrogens is 246 g/mol. The van der Waals surface area contributed by atoms with E-state index in [1.807, 2.05) is 0 Å². The van der Waals surface area contributed by atoms with Crippen molar-refractivity contribution in [1.82, 2.24) is 0 Å². The first-order valence-electron chi connectivity index (χ1n) is 3.33. The molecule has 0 aliphatic carbocycles. The summed E-state index contributed by atoms with van der Waals surface area (Å²) in [6.07, 6.45) is -0.885. The Bertz CT molecular complexity index is 122. The van der Waals surface area contributed by atoms with E-state index in [0.717, 1.165) is 0 Å². The number of hydrogen-bond acceptors (Lipinski definition) is 2. The number of halogens is 4. The average Bonchev–Trinajstić information content (AvgIpc) is 2.00. The fraction of sp³-hybridized carbons (Fsp3) is 1.00. The van der Waals surface area contributed by atoms with Gasteiger partial charge in [-0.3, -0.25) is 0 Å². The summed E-state index contributed by atoms with van der Waals surface area (Å²) in [6, 6.07) is 0. The molecule has 0 aromatic heterocycles. The average molecular weight is 256 g/mol. The topological polar surface area (TPSA) is 40.5 Å². The van der Waals surface area contributed by atoms with Crippen molar-refractivity contribution in [3.63, 3.8) is 0 Å². The molecule has 0 amide bonds. The van der Waals surface area contributed by atoms with Gasteiger partial charge in [-0.2, -0.15) is 0 Å². The molecule has 0 rings (SSSR count). The standard InChI is InChI=1S/C6H10Cl4O2/c7-2-4(9)6(12)3(8)1-5(10)11/h3-6,11-12H,1-2H2. The van der Waals surface area contributed by atoms with Crippen LogP contribution >= 0.6 is 46.4 Å². The van der Waals surface area contributed by atoms with Gasteiger partial charge in [0.1, 0.15) is 5.56 Å². The monoisotopic (exact) mass is 254 g/mol. The van der Waals surface area contributed by atoms with Crippen molar-refractivity contribution >= 4 is 46.4 Å². The second-order valence-corrected chi connectivity index (χ2v) is 4.28. The van der Waals surface area contributed by atoms with E-state index in [4.69, 9.17) is 51.5 Å². The zero-order chi connectivity index (χ0) is 9.72. The molecule has 2 nitrogen and oxygen atoms in total. The van der Waals surface area contributed by atoms with Crippen LogP contribution in [0.3, 0.4) is 0 Å². The summed E-state index contributed by atoms with van der Waals surface area (Å²) < 4.78 is 0. The second kappa shape index (κ2) is 6.52. The molecule has 0 aromatic carbocycles. The van der Waals surface area contributed by atoms with E-state index >= 15 is 0 Å². The van der Waals surface area contributed by atoms with Gasteiger partial charge in [0.05, 0.1) is 16.9 Å². The van der Waals surface area contributed by atoms with Gasteiger partial charge in [0, 0.05) is 12.3 Å². The SMILES string of the molecule is OC(Cl)CC(Cl)C(O)C(Cl)CCl. The third-order valence-electron chi connectivity index (χ3n) is 1.31. The molecular formula is C6H10Cl4O2. The fourth-order valence-electron chi connectivity index (χ4n) is 0.643. The highest BCUT2D eigenvalue weighted by Gasteiger charge is 2.25. The predicted octanol–water partition coefficient (Wildman–Crippen LogP) is 1.75. The largest absolute Gasteiger partial charge is 0.390 e. The molecule has 0 fully saturated rings. The maximum absolute atomic E-state index is 9.32. The molecule has 0 aliphatic heterocycles. The van der Waals surface area contributed by atoms with E-state index in [1.54, 1.807) is 0 Å². The van der Waals surface area contributed by atoms with Crippen LogP contribution in [0.2, 0.25) is 0 Å². The van der Waals surface area contributed by atoms with Crippen LogP contribution in [0, 0.1) is 0 Å². The lowest BCUT2D eigenvalue weighted by atomic mass is 10.1. The summed E-state index contributed by atoms with van der Waals surface area (Å²) in [5.74, 6) is 0.102. The lowest BCUT2D eigenvalue weighted by Crippen LogP contribution is -2.33. The molecule has 2 N–H and O–H groups in total. The Morgan fingerprint density at radius 3 is 1.83 bits per heavy atom. The van der Waals surface area contributed by atoms with Gasteiger partial charge in [-0.15, -0.1) is 34.8 Å². The number of aliphatic hydroxyl groups is 2. The van der Waals surface area contributed by atoms with Gasteiger partial charge in [-0.1, -0.05) is 11.6 Å². The molecule has 6 heteroatoms. The molecule has 0 aliphatic rings. The fourth-order valence-corrected chi connectivity index (χ4v) is 1.70. The van der Waals surface area contributed by atoms with Crippen molar-refractivity contribution in [2.24, 2.45) is 0 Å². The van der Waals surface area contributed by atoms with Crippen LogP contribution in [0.4, 0.5) is 0 Å². The van der Waals surface area contributed by atoms with Gasteiger partial charge in [0.25, 0.3) is 0 Å². The maximum atomic E-state index is 9.32. The Labute approximate surface area is 91.4 Å². The van der Waals surface area contributed by atoms with Crippen LogP contribution < -0.4 is 0 Å². The van der Waals surface area contributed by atoms with Crippen LogP contribution in [0.15, 0.2) is 0 Å². The summed E-state index contributed by atoms with van der Waals surface area (Å²) >= 11 is 21.9. The van der Waals surface area contributed by atoms with Crippen LogP contribution in [0.1, 0.15) is 6.42 Å². The molecule has 0 saturated carbocycles. The van der Waals surface area contributed by atoms with Crippen molar-refractivity contribution in [3.05, 3.63) is 0 Å². The van der Waals surface area contributed by atoms with E-state index in [-0.39, 0.29) is 12.3 Å². The van der Waals surface area contributed by atoms with Crippen molar-refractivity contribution in [1.29, 1.82) is 0 Å². The minimum absolute atomic E-state index is 0.0738. The molecule has 0 saturated heterocycles. The lowest BCUT2D eigenvalue weighted by molar-refractivity contribution is 0.146. The number of alkyl halides is 4. The summed E-state index contributed by atoms with van der Waals surface area (Å²) in [6.45, 7) is 0. The lowest BCUT2D eigenvalue weighted by Gasteiger charge is -2.20. The quantitative estimate of drug-likeness (QED) is 0.735. The predicted molar refractivity (Wildman–Crippen MR) is 52.5 cm³/mol. The molecule has 0 bridgehead atoms. The van der Waals surface area contributed by atoms with Gasteiger partial charge >= 0.3 is 0 Å². The highest BCUT2D eigenvalue weighted by Crippen LogP contribution is 2.18. The number of rotatable bonds is 5. The maximum Gasteiger partial charge on any atom is 0.129 e. The van der Waals surface area contributed by atoms with E-state index in [1.165, 1.54) is 0 Å². The summed E-state index contributed by atoms with van der Waals surface area (Å²) in [5, 5.41) is 16.7. The number of aliphatic hydroxyl groups excluding tert-OH is 2. The Morgan fingerprint density at radius 1 is 1.00 bits per heavy atom. The van der Waals surface area contributed by atoms with Gasteiger partial charge in [0.2, 0.25) is 0 Å². The first-order valence-corrected chi connectivity index (χ1v) is 5.17. The third-order valence-corrected chi connectivity index (χ3v) is 2.83. The summed E-state index contributed by atoms with van der Waals surface area (Å²) in [4.78, 5) is 0. The van der Waals surface area contributed by atoms with Gasteiger partial charge in [0.15, 0.2) is 0 Å². The molecule has 4 atom stereocenters. The zero-order valence-electron chi connectivity index (χ0n) is 6.13. The first kappa shape index (κ1) is 13.1. The minimum Gasteiger partial charge on any atom is -0.390 e. The van der Waals surface area contributed by atoms with Crippen LogP contribution in [0.5, 0.6) is 0 Å². The minimum atomic E-state index is -1.07. The Balaban J connectivity index is 3.83. The summed E-state index contributed by atoms with van der Waals surface area (Å²) in [7, 11) is 0. The van der Waals surface area contributed by atoms with Gasteiger partial charge in [-0.25, -0.2) is 0 Å². The van der Waals surface area contributed by atoms with Crippen molar-refractivity contribution in [2.45, 2.75) is 28.8 Å². The number of hydrogen-bond donors (Lipinski definition) is 2. The van der Waals surface area contributed by atoms with E-state index in [0.29, 0.717) is 0 Å². The second-order valence-electron chi connectivity index (χ2n) is 2.35. The van der Waals surface area contributed by atoms with Crippen LogP contribution in [-0.2, 0) is 0 Å². The van der Waals surface area contributed by atoms with E-state index in [2.05, 4.69) is 0 Å². The molecule has 12 heavy (non-hydrogen) atoms. The normalized spacial score (nSPS) is 21.5. The van der Waals surface area contributed by atoms with Gasteiger partial charge < -0.3 is 10.2 Å². The van der Waals surface area contributed by atoms with Crippen molar-refractivity contribution in [2.75, 3.05) is 5.88 Å². The molecule has 0 radical (unpaired) electrons. The van der Waals surface area contributed by atoms with Gasteiger partial charge in [-0.05, 0) is 0 Å². The Morgan fingerprint density at radius 2 is 1.50 bits per heavy atom. The first-order chi connectivity index (χ1) is 5.49. The van der Waals surface area contributed by atoms with E-state index < -0.39 is 22.4 Å². The smallest absolute Gasteiger partial charge is 0.129 e. The van der Waals surface area contributed by atoms with Crippen molar-refractivity contribution < 1.29 is 10.2 Å². The van der Waals surface area contributed by atoms with Crippen LogP contribution in [0.25, 0.3) is 0 Å². The summed E-state index contributed by atoms with van der Waals surface area (Å²) in [5.41, 5.74) is -1.07. The Hall–Kier alpha value is 1.08. The molecule has 0 spiro atoms. The molecule has 4 unspecified atom stereocenters. The Kier molecular flexibility index (Phi) is 7.11. The highest BCUT2D eigenvalue weighted by atomic mass is 35.5. The zero-order valence-corrected chi connectivity index (χ0v) is 9.15. The third kappa shape index (κ3) is 4.95.